The summed E-state index contributed by atoms with van der Waals surface area (Å²) in [7, 11) is -4.47. The molecule has 19 heavy (non-hydrogen) atoms. The van der Waals surface area contributed by atoms with Crippen LogP contribution in [0.15, 0.2) is 4.40 Å². The van der Waals surface area contributed by atoms with Crippen LogP contribution in [-0.4, -0.2) is 23.5 Å². The van der Waals surface area contributed by atoms with E-state index in [1.165, 1.54) is 0 Å². The zero-order valence-electron chi connectivity index (χ0n) is 10.4. The lowest BCUT2D eigenvalue weighted by molar-refractivity contribution is 0.527. The van der Waals surface area contributed by atoms with E-state index in [0.717, 1.165) is 6.08 Å². The van der Waals surface area contributed by atoms with Gasteiger partial charge in [-0.2, -0.15) is 22.9 Å². The Morgan fingerprint density at radius 1 is 1.26 bits per heavy atom. The van der Waals surface area contributed by atoms with Gasteiger partial charge in [0.1, 0.15) is 18.0 Å². The van der Waals surface area contributed by atoms with E-state index in [1.807, 2.05) is 0 Å². The zero-order valence-corrected chi connectivity index (χ0v) is 11.2. The van der Waals surface area contributed by atoms with Gasteiger partial charge in [0, 0.05) is 5.41 Å². The highest BCUT2D eigenvalue weighted by molar-refractivity contribution is 7.88. The fourth-order valence-corrected chi connectivity index (χ4v) is 2.43. The number of nitriles is 2. The molecule has 0 radical (unpaired) electrons. The molecule has 0 saturated heterocycles. The summed E-state index contributed by atoms with van der Waals surface area (Å²) >= 11 is 0. The summed E-state index contributed by atoms with van der Waals surface area (Å²) < 4.78 is 26.9. The minimum Gasteiger partial charge on any atom is -0.219 e. The quantitative estimate of drug-likeness (QED) is 0.567. The number of hydrogen-bond donors (Lipinski definition) is 0. The molecule has 0 atom stereocenters. The van der Waals surface area contributed by atoms with Crippen LogP contribution < -0.4 is 0 Å². The van der Waals surface area contributed by atoms with Crippen LogP contribution in [0.25, 0.3) is 0 Å². The normalized spacial score (nSPS) is 11.2. The van der Waals surface area contributed by atoms with Crippen molar-refractivity contribution in [2.24, 2.45) is 4.40 Å². The van der Waals surface area contributed by atoms with Gasteiger partial charge in [-0.05, 0) is 0 Å². The SMILES string of the molecule is CC(C)(C)c1nc(C#N)c(C#N)n1S(=O)(=O)N=C=O. The van der Waals surface area contributed by atoms with E-state index in [1.54, 1.807) is 32.9 Å². The van der Waals surface area contributed by atoms with Crippen LogP contribution in [0.5, 0.6) is 0 Å². The topological polar surface area (TPSA) is 129 Å². The van der Waals surface area contributed by atoms with Gasteiger partial charge in [-0.3, -0.25) is 0 Å². The van der Waals surface area contributed by atoms with Crippen LogP contribution in [0.3, 0.4) is 0 Å². The van der Waals surface area contributed by atoms with E-state index < -0.39 is 21.3 Å². The van der Waals surface area contributed by atoms with Crippen molar-refractivity contribution in [3.05, 3.63) is 17.2 Å². The van der Waals surface area contributed by atoms with Crippen LogP contribution in [-0.2, 0) is 20.4 Å². The lowest BCUT2D eigenvalue weighted by Crippen LogP contribution is -2.23. The van der Waals surface area contributed by atoms with Crippen LogP contribution in [0, 0.1) is 22.7 Å². The smallest absolute Gasteiger partial charge is 0.219 e. The first-order valence-corrected chi connectivity index (χ1v) is 6.36. The van der Waals surface area contributed by atoms with Gasteiger partial charge in [-0.1, -0.05) is 25.2 Å². The van der Waals surface area contributed by atoms with Gasteiger partial charge in [0.15, 0.2) is 11.4 Å². The number of imidazole rings is 1. The molecule has 0 aliphatic heterocycles. The number of aromatic nitrogens is 2. The molecule has 0 saturated carbocycles. The van der Waals surface area contributed by atoms with Crippen molar-refractivity contribution in [2.75, 3.05) is 0 Å². The highest BCUT2D eigenvalue weighted by atomic mass is 32.2. The average molecular weight is 279 g/mol. The van der Waals surface area contributed by atoms with Gasteiger partial charge < -0.3 is 0 Å². The highest BCUT2D eigenvalue weighted by Gasteiger charge is 2.32. The van der Waals surface area contributed by atoms with Gasteiger partial charge in [-0.15, -0.1) is 0 Å². The van der Waals surface area contributed by atoms with Crippen molar-refractivity contribution >= 4 is 16.3 Å². The fourth-order valence-electron chi connectivity index (χ4n) is 1.37. The second-order valence-corrected chi connectivity index (χ2v) is 5.97. The Hall–Kier alpha value is -2.48. The first-order chi connectivity index (χ1) is 8.69. The summed E-state index contributed by atoms with van der Waals surface area (Å²) in [5.41, 5.74) is -1.59. The molecule has 0 fully saturated rings. The molecule has 1 rings (SSSR count). The lowest BCUT2D eigenvalue weighted by atomic mass is 9.96. The Morgan fingerprint density at radius 2 is 1.84 bits per heavy atom. The van der Waals surface area contributed by atoms with Crippen molar-refractivity contribution in [1.29, 1.82) is 10.5 Å². The van der Waals surface area contributed by atoms with E-state index in [-0.39, 0.29) is 11.5 Å². The van der Waals surface area contributed by atoms with E-state index in [0.29, 0.717) is 3.97 Å². The molecule has 0 aliphatic carbocycles. The monoisotopic (exact) mass is 279 g/mol. The van der Waals surface area contributed by atoms with Crippen molar-refractivity contribution in [1.82, 2.24) is 8.96 Å². The van der Waals surface area contributed by atoms with Crippen molar-refractivity contribution in [2.45, 2.75) is 26.2 Å². The second-order valence-electron chi connectivity index (χ2n) is 4.53. The number of hydrogen-bond acceptors (Lipinski definition) is 6. The molecule has 0 bridgehead atoms. The van der Waals surface area contributed by atoms with Crippen molar-refractivity contribution < 1.29 is 13.2 Å². The molecule has 9 heteroatoms. The van der Waals surface area contributed by atoms with Crippen LogP contribution in [0.2, 0.25) is 0 Å². The summed E-state index contributed by atoms with van der Waals surface area (Å²) in [4.78, 5) is 14.0. The highest BCUT2D eigenvalue weighted by Crippen LogP contribution is 2.26. The van der Waals surface area contributed by atoms with E-state index in [9.17, 15) is 13.2 Å². The summed E-state index contributed by atoms with van der Waals surface area (Å²) in [6.45, 7) is 4.94. The number of nitrogens with zero attached hydrogens (tertiary/aromatic N) is 5. The van der Waals surface area contributed by atoms with Crippen LogP contribution in [0.4, 0.5) is 0 Å². The molecule has 1 aromatic heterocycles. The molecule has 0 unspecified atom stereocenters. The minimum atomic E-state index is -4.47. The first-order valence-electron chi connectivity index (χ1n) is 4.97. The van der Waals surface area contributed by atoms with Crippen LogP contribution in [0.1, 0.15) is 38.0 Å². The molecule has 0 amide bonds. The Kier molecular flexibility index (Phi) is 3.57. The molecule has 0 spiro atoms. The van der Waals surface area contributed by atoms with Gasteiger partial charge >= 0.3 is 10.2 Å². The molecule has 0 aliphatic rings. The Balaban J connectivity index is 3.92. The maximum Gasteiger partial charge on any atom is 0.361 e. The number of isocyanates is 1. The fraction of sp³-hybridized carbons (Fsp3) is 0.400. The minimum absolute atomic E-state index is 0.0559. The predicted octanol–water partition coefficient (Wildman–Crippen LogP) is 0.353. The molecular formula is C10H9N5O3S. The summed E-state index contributed by atoms with van der Waals surface area (Å²) in [5.74, 6) is -0.0559. The third-order valence-electron chi connectivity index (χ3n) is 2.10. The van der Waals surface area contributed by atoms with E-state index >= 15 is 0 Å². The molecule has 1 aromatic rings. The van der Waals surface area contributed by atoms with Crippen LogP contribution >= 0.6 is 0 Å². The number of rotatable bonds is 2. The molecule has 1 heterocycles. The Labute approximate surface area is 109 Å². The average Bonchev–Trinajstić information content (AvgIpc) is 2.67. The Bertz CT molecular complexity index is 749. The third-order valence-corrected chi connectivity index (χ3v) is 3.23. The standard InChI is InChI=1S/C10H9N5O3S/c1-10(2,3)9-14-7(4-11)8(5-12)15(9)19(17,18)13-6-16/h1-3H3. The van der Waals surface area contributed by atoms with E-state index in [4.69, 9.17) is 10.5 Å². The molecule has 8 nitrogen and oxygen atoms in total. The zero-order chi connectivity index (χ0) is 14.8. The molecule has 0 N–H and O–H groups in total. The lowest BCUT2D eigenvalue weighted by Gasteiger charge is -2.17. The summed E-state index contributed by atoms with van der Waals surface area (Å²) in [5, 5.41) is 17.8. The maximum atomic E-state index is 11.8. The van der Waals surface area contributed by atoms with Gasteiger partial charge in [0.05, 0.1) is 0 Å². The van der Waals surface area contributed by atoms with Gasteiger partial charge in [-0.25, -0.2) is 9.78 Å². The first kappa shape index (κ1) is 14.6. The van der Waals surface area contributed by atoms with Crippen molar-refractivity contribution in [3.8, 4) is 12.1 Å². The molecule has 98 valence electrons. The van der Waals surface area contributed by atoms with E-state index in [2.05, 4.69) is 9.38 Å². The molecule has 0 aromatic carbocycles. The van der Waals surface area contributed by atoms with Gasteiger partial charge in [0.2, 0.25) is 0 Å². The summed E-state index contributed by atoms with van der Waals surface area (Å²) in [6, 6.07) is 3.22. The predicted molar refractivity (Wildman–Crippen MR) is 62.8 cm³/mol. The maximum absolute atomic E-state index is 11.8. The largest absolute Gasteiger partial charge is 0.361 e. The molecular weight excluding hydrogens is 270 g/mol. The number of carbonyl (C=O) groups excluding carboxylic acids is 1. The van der Waals surface area contributed by atoms with Gasteiger partial charge in [0.25, 0.3) is 6.08 Å². The summed E-state index contributed by atoms with van der Waals surface area (Å²) in [6.07, 6.45) is 0.910. The second kappa shape index (κ2) is 4.65. The van der Waals surface area contributed by atoms with Crippen molar-refractivity contribution in [3.63, 3.8) is 0 Å². The Morgan fingerprint density at radius 3 is 2.21 bits per heavy atom. The third kappa shape index (κ3) is 2.52.